The molecule has 1 aliphatic rings. The Labute approximate surface area is 182 Å². The van der Waals surface area contributed by atoms with Crippen LogP contribution in [0.4, 0.5) is 0 Å². The summed E-state index contributed by atoms with van der Waals surface area (Å²) in [5, 5.41) is 0. The van der Waals surface area contributed by atoms with Crippen molar-refractivity contribution in [1.82, 2.24) is 14.8 Å². The van der Waals surface area contributed by atoms with E-state index in [9.17, 15) is 9.59 Å². The molecule has 1 unspecified atom stereocenters. The van der Waals surface area contributed by atoms with Crippen molar-refractivity contribution >= 4 is 11.8 Å². The van der Waals surface area contributed by atoms with Gasteiger partial charge in [-0.1, -0.05) is 36.4 Å². The molecule has 6 heteroatoms. The van der Waals surface area contributed by atoms with E-state index in [1.807, 2.05) is 36.5 Å². The first-order valence-electron chi connectivity index (χ1n) is 10.3. The number of ether oxygens (including phenoxy) is 1. The number of hydrogen-bond donors (Lipinski definition) is 0. The molecule has 2 aromatic carbocycles. The number of amides is 2. The molecule has 1 aromatic heterocycles. The average Bonchev–Trinajstić information content (AvgIpc) is 2.82. The third kappa shape index (κ3) is 4.43. The molecule has 0 spiro atoms. The van der Waals surface area contributed by atoms with Gasteiger partial charge in [0.1, 0.15) is 11.8 Å². The summed E-state index contributed by atoms with van der Waals surface area (Å²) in [4.78, 5) is 33.9. The molecule has 158 valence electrons. The van der Waals surface area contributed by atoms with Crippen molar-refractivity contribution in [3.8, 4) is 16.9 Å². The van der Waals surface area contributed by atoms with Gasteiger partial charge >= 0.3 is 0 Å². The number of nitrogens with zero attached hydrogens (tertiary/aromatic N) is 3. The van der Waals surface area contributed by atoms with Gasteiger partial charge in [0.15, 0.2) is 0 Å². The smallest absolute Gasteiger partial charge is 0.254 e. The van der Waals surface area contributed by atoms with Gasteiger partial charge in [-0.15, -0.1) is 0 Å². The third-order valence-electron chi connectivity index (χ3n) is 5.64. The highest BCUT2D eigenvalue weighted by Crippen LogP contribution is 2.24. The normalized spacial score (nSPS) is 16.3. The fourth-order valence-corrected chi connectivity index (χ4v) is 3.91. The van der Waals surface area contributed by atoms with E-state index in [4.69, 9.17) is 4.74 Å². The molecule has 1 fully saturated rings. The van der Waals surface area contributed by atoms with Crippen molar-refractivity contribution in [2.45, 2.75) is 12.5 Å². The van der Waals surface area contributed by atoms with Gasteiger partial charge in [-0.3, -0.25) is 14.6 Å². The molecule has 31 heavy (non-hydrogen) atoms. The largest absolute Gasteiger partial charge is 0.497 e. The predicted molar refractivity (Wildman–Crippen MR) is 119 cm³/mol. The summed E-state index contributed by atoms with van der Waals surface area (Å²) >= 11 is 0. The lowest BCUT2D eigenvalue weighted by Crippen LogP contribution is -2.58. The number of carbonyl (C=O) groups excluding carboxylic acids is 2. The first-order chi connectivity index (χ1) is 15.1. The Morgan fingerprint density at radius 1 is 1.06 bits per heavy atom. The summed E-state index contributed by atoms with van der Waals surface area (Å²) in [5.41, 5.74) is 3.57. The van der Waals surface area contributed by atoms with Crippen LogP contribution < -0.4 is 4.74 Å². The van der Waals surface area contributed by atoms with Crippen LogP contribution in [0.2, 0.25) is 0 Å². The van der Waals surface area contributed by atoms with E-state index in [1.54, 1.807) is 54.4 Å². The molecule has 1 saturated heterocycles. The number of piperazine rings is 1. The Morgan fingerprint density at radius 3 is 2.65 bits per heavy atom. The molecular formula is C25H25N3O3. The summed E-state index contributed by atoms with van der Waals surface area (Å²) < 4.78 is 5.26. The second-order valence-electron chi connectivity index (χ2n) is 7.65. The van der Waals surface area contributed by atoms with Gasteiger partial charge in [0.05, 0.1) is 7.11 Å². The maximum atomic E-state index is 13.3. The summed E-state index contributed by atoms with van der Waals surface area (Å²) in [6.45, 7) is 1.01. The number of hydrogen-bond acceptors (Lipinski definition) is 4. The number of aromatic nitrogens is 1. The van der Waals surface area contributed by atoms with Crippen molar-refractivity contribution in [2.75, 3.05) is 27.2 Å². The van der Waals surface area contributed by atoms with Crippen molar-refractivity contribution in [1.29, 1.82) is 0 Å². The number of pyridine rings is 1. The molecule has 2 amide bonds. The number of rotatable bonds is 5. The highest BCUT2D eigenvalue weighted by Gasteiger charge is 2.36. The van der Waals surface area contributed by atoms with Gasteiger partial charge in [-0.2, -0.15) is 0 Å². The number of carbonyl (C=O) groups is 2. The van der Waals surface area contributed by atoms with Crippen molar-refractivity contribution in [3.63, 3.8) is 0 Å². The molecule has 3 aromatic rings. The summed E-state index contributed by atoms with van der Waals surface area (Å²) in [7, 11) is 3.36. The zero-order valence-corrected chi connectivity index (χ0v) is 17.7. The fourth-order valence-electron chi connectivity index (χ4n) is 3.91. The lowest BCUT2D eigenvalue weighted by Gasteiger charge is -2.39. The van der Waals surface area contributed by atoms with E-state index in [-0.39, 0.29) is 11.8 Å². The molecule has 4 rings (SSSR count). The Balaban J connectivity index is 1.62. The van der Waals surface area contributed by atoms with Crippen molar-refractivity contribution in [3.05, 3.63) is 84.2 Å². The zero-order valence-electron chi connectivity index (χ0n) is 17.7. The van der Waals surface area contributed by atoms with Gasteiger partial charge in [0, 0.05) is 44.5 Å². The maximum Gasteiger partial charge on any atom is 0.254 e. The van der Waals surface area contributed by atoms with Crippen LogP contribution >= 0.6 is 0 Å². The van der Waals surface area contributed by atoms with Crippen LogP contribution in [-0.2, 0) is 11.2 Å². The fraction of sp³-hybridized carbons (Fsp3) is 0.240. The maximum absolute atomic E-state index is 13.3. The second kappa shape index (κ2) is 9.00. The van der Waals surface area contributed by atoms with Crippen LogP contribution in [0.1, 0.15) is 15.9 Å². The van der Waals surface area contributed by atoms with Crippen LogP contribution in [0.5, 0.6) is 5.75 Å². The van der Waals surface area contributed by atoms with E-state index in [1.165, 1.54) is 0 Å². The second-order valence-corrected chi connectivity index (χ2v) is 7.65. The minimum atomic E-state index is -0.554. The average molecular weight is 415 g/mol. The molecule has 0 saturated carbocycles. The van der Waals surface area contributed by atoms with Crippen molar-refractivity contribution < 1.29 is 14.3 Å². The first kappa shape index (κ1) is 20.6. The molecule has 0 aliphatic carbocycles. The molecule has 0 bridgehead atoms. The highest BCUT2D eigenvalue weighted by molar-refractivity contribution is 5.98. The molecule has 0 radical (unpaired) electrons. The Kier molecular flexibility index (Phi) is 5.98. The predicted octanol–water partition coefficient (Wildman–Crippen LogP) is 3.28. The molecule has 6 nitrogen and oxygen atoms in total. The van der Waals surface area contributed by atoms with E-state index >= 15 is 0 Å². The monoisotopic (exact) mass is 415 g/mol. The van der Waals surface area contributed by atoms with Gasteiger partial charge in [0.2, 0.25) is 5.91 Å². The minimum Gasteiger partial charge on any atom is -0.497 e. The molecule has 0 N–H and O–H groups in total. The lowest BCUT2D eigenvalue weighted by atomic mass is 9.97. The number of likely N-dealkylation sites (N-methyl/N-ethyl adjacent to an activating group) is 1. The molecule has 1 aliphatic heterocycles. The first-order valence-corrected chi connectivity index (χ1v) is 10.3. The number of methoxy groups -OCH3 is 1. The number of benzene rings is 2. The van der Waals surface area contributed by atoms with Gasteiger partial charge in [0.25, 0.3) is 5.91 Å². The van der Waals surface area contributed by atoms with Gasteiger partial charge < -0.3 is 14.5 Å². The zero-order chi connectivity index (χ0) is 21.8. The standard InChI is InChI=1S/C25H25N3O3/c1-27-12-13-28(24(29)20-8-4-10-22(16-20)31-2)23(25(27)30)15-18-6-3-7-19(14-18)21-9-5-11-26-17-21/h3-11,14,16-17,23H,12-13,15H2,1-2H3. The van der Waals surface area contributed by atoms with Crippen LogP contribution in [-0.4, -0.2) is 59.9 Å². The Hall–Kier alpha value is -3.67. The quantitative estimate of drug-likeness (QED) is 0.642. The van der Waals surface area contributed by atoms with Crippen LogP contribution in [0.15, 0.2) is 73.1 Å². The van der Waals surface area contributed by atoms with E-state index in [0.29, 0.717) is 30.8 Å². The van der Waals surface area contributed by atoms with E-state index < -0.39 is 6.04 Å². The van der Waals surface area contributed by atoms with E-state index in [0.717, 1.165) is 16.7 Å². The Morgan fingerprint density at radius 2 is 1.87 bits per heavy atom. The highest BCUT2D eigenvalue weighted by atomic mass is 16.5. The molecule has 1 atom stereocenters. The van der Waals surface area contributed by atoms with Gasteiger partial charge in [-0.05, 0) is 41.0 Å². The van der Waals surface area contributed by atoms with Crippen molar-refractivity contribution in [2.24, 2.45) is 0 Å². The summed E-state index contributed by atoms with van der Waals surface area (Å²) in [5.74, 6) is 0.412. The molecule has 2 heterocycles. The van der Waals surface area contributed by atoms with Crippen LogP contribution in [0.3, 0.4) is 0 Å². The Bertz CT molecular complexity index is 1080. The van der Waals surface area contributed by atoms with Crippen LogP contribution in [0.25, 0.3) is 11.1 Å². The summed E-state index contributed by atoms with van der Waals surface area (Å²) in [6.07, 6.45) is 4.01. The minimum absolute atomic E-state index is 0.0470. The third-order valence-corrected chi connectivity index (χ3v) is 5.64. The topological polar surface area (TPSA) is 62.7 Å². The SMILES string of the molecule is COc1cccc(C(=O)N2CCN(C)C(=O)C2Cc2cccc(-c3cccnc3)c2)c1. The van der Waals surface area contributed by atoms with Crippen LogP contribution in [0, 0.1) is 0 Å². The lowest BCUT2D eigenvalue weighted by molar-refractivity contribution is -0.138. The van der Waals surface area contributed by atoms with E-state index in [2.05, 4.69) is 11.1 Å². The summed E-state index contributed by atoms with van der Waals surface area (Å²) in [6, 6.07) is 18.5. The van der Waals surface area contributed by atoms with Gasteiger partial charge in [-0.25, -0.2) is 0 Å². The molecular weight excluding hydrogens is 390 g/mol.